The summed E-state index contributed by atoms with van der Waals surface area (Å²) in [6.07, 6.45) is 8.88. The Morgan fingerprint density at radius 1 is 1.11 bits per heavy atom. The van der Waals surface area contributed by atoms with Gasteiger partial charge in [-0.2, -0.15) is 0 Å². The number of hydrogen-bond donors (Lipinski definition) is 1. The van der Waals surface area contributed by atoms with E-state index in [9.17, 15) is 0 Å². The number of rotatable bonds is 11. The van der Waals surface area contributed by atoms with Crippen molar-refractivity contribution in [3.63, 3.8) is 0 Å². The maximum atomic E-state index is 4.68. The molecular formula is C22H30N5. The Hall–Kier alpha value is -2.82. The molecule has 2 rings (SSSR count). The molecule has 0 saturated heterocycles. The Morgan fingerprint density at radius 2 is 1.81 bits per heavy atom. The first-order chi connectivity index (χ1) is 13.2. The average Bonchev–Trinajstić information content (AvgIpc) is 2.70. The van der Waals surface area contributed by atoms with Gasteiger partial charge in [-0.05, 0) is 39.0 Å². The minimum atomic E-state index is 0.731. The van der Waals surface area contributed by atoms with Gasteiger partial charge in [0.2, 0.25) is 0 Å². The predicted octanol–water partition coefficient (Wildman–Crippen LogP) is 4.40. The zero-order chi connectivity index (χ0) is 19.6. The van der Waals surface area contributed by atoms with Crippen LogP contribution in [0.15, 0.2) is 49.7 Å². The maximum absolute atomic E-state index is 4.68. The Morgan fingerprint density at radius 3 is 2.44 bits per heavy atom. The third kappa shape index (κ3) is 4.88. The molecule has 0 fully saturated rings. The summed E-state index contributed by atoms with van der Waals surface area (Å²) < 4.78 is 0. The first-order valence-electron chi connectivity index (χ1n) is 9.53. The molecule has 5 heteroatoms. The minimum Gasteiger partial charge on any atom is -0.384 e. The molecule has 0 atom stereocenters. The quantitative estimate of drug-likeness (QED) is 0.599. The van der Waals surface area contributed by atoms with Crippen molar-refractivity contribution in [2.24, 2.45) is 0 Å². The summed E-state index contributed by atoms with van der Waals surface area (Å²) in [5, 5.41) is 3.41. The lowest BCUT2D eigenvalue weighted by Gasteiger charge is -2.27. The van der Waals surface area contributed by atoms with Crippen LogP contribution >= 0.6 is 0 Å². The van der Waals surface area contributed by atoms with Gasteiger partial charge in [0.05, 0.1) is 17.1 Å². The molecule has 1 radical (unpaired) electrons. The van der Waals surface area contributed by atoms with E-state index in [1.165, 1.54) is 0 Å². The molecular weight excluding hydrogens is 334 g/mol. The molecule has 0 aliphatic heterocycles. The molecule has 0 amide bonds. The SMILES string of the molecule is C=CCN(CC)c1cc(-c2ncccc2NCC)c(N(CC)CC=C)[c]n1. The van der Waals surface area contributed by atoms with Gasteiger partial charge in [0.15, 0.2) is 0 Å². The third-order valence-corrected chi connectivity index (χ3v) is 4.34. The fourth-order valence-corrected chi connectivity index (χ4v) is 3.01. The van der Waals surface area contributed by atoms with Crippen molar-refractivity contribution in [1.29, 1.82) is 0 Å². The van der Waals surface area contributed by atoms with Gasteiger partial charge < -0.3 is 15.1 Å². The van der Waals surface area contributed by atoms with E-state index in [-0.39, 0.29) is 0 Å². The molecule has 1 N–H and O–H groups in total. The molecule has 27 heavy (non-hydrogen) atoms. The zero-order valence-corrected chi connectivity index (χ0v) is 16.7. The molecule has 0 bridgehead atoms. The molecule has 0 aliphatic rings. The van der Waals surface area contributed by atoms with Crippen LogP contribution in [0, 0.1) is 6.20 Å². The highest BCUT2D eigenvalue weighted by atomic mass is 15.2. The summed E-state index contributed by atoms with van der Waals surface area (Å²) in [6, 6.07) is 6.11. The van der Waals surface area contributed by atoms with E-state index in [4.69, 9.17) is 0 Å². The van der Waals surface area contributed by atoms with E-state index in [1.807, 2.05) is 24.4 Å². The second-order valence-electron chi connectivity index (χ2n) is 6.07. The van der Waals surface area contributed by atoms with Crippen LogP contribution in [0.2, 0.25) is 0 Å². The first-order valence-corrected chi connectivity index (χ1v) is 9.53. The standard InChI is InChI=1S/C22H30N5/c1-6-14-26(9-4)20-17-25-21(27(10-5)15-7-2)16-18(20)22-19(23-8-3)12-11-13-24-22/h6-7,11-13,16,23H,1-2,8-10,14-15H2,3-5H3. The predicted molar refractivity (Wildman–Crippen MR) is 117 cm³/mol. The van der Waals surface area contributed by atoms with Crippen molar-refractivity contribution in [2.45, 2.75) is 20.8 Å². The summed E-state index contributed by atoms with van der Waals surface area (Å²) in [5.41, 5.74) is 3.87. The number of hydrogen-bond acceptors (Lipinski definition) is 5. The van der Waals surface area contributed by atoms with Crippen molar-refractivity contribution in [1.82, 2.24) is 9.97 Å². The van der Waals surface area contributed by atoms with Gasteiger partial charge in [0, 0.05) is 44.5 Å². The van der Waals surface area contributed by atoms with Crippen molar-refractivity contribution >= 4 is 17.2 Å². The molecule has 0 saturated carbocycles. The van der Waals surface area contributed by atoms with Gasteiger partial charge in [-0.15, -0.1) is 13.2 Å². The Labute approximate surface area is 163 Å². The largest absolute Gasteiger partial charge is 0.384 e. The van der Waals surface area contributed by atoms with Gasteiger partial charge in [-0.1, -0.05) is 12.2 Å². The van der Waals surface area contributed by atoms with Crippen molar-refractivity contribution in [3.05, 3.63) is 55.9 Å². The third-order valence-electron chi connectivity index (χ3n) is 4.34. The van der Waals surface area contributed by atoms with E-state index < -0.39 is 0 Å². The molecule has 0 aliphatic carbocycles. The lowest BCUT2D eigenvalue weighted by atomic mass is 10.1. The van der Waals surface area contributed by atoms with Crippen LogP contribution in [-0.2, 0) is 0 Å². The highest BCUT2D eigenvalue weighted by Crippen LogP contribution is 2.35. The summed E-state index contributed by atoms with van der Waals surface area (Å²) in [5.74, 6) is 0.874. The van der Waals surface area contributed by atoms with Crippen LogP contribution in [0.3, 0.4) is 0 Å². The number of likely N-dealkylation sites (N-methyl/N-ethyl adjacent to an activating group) is 2. The Kier molecular flexibility index (Phi) is 7.86. The van der Waals surface area contributed by atoms with Crippen LogP contribution in [0.25, 0.3) is 11.3 Å². The van der Waals surface area contributed by atoms with E-state index in [2.05, 4.69) is 77.3 Å². The number of aromatic nitrogens is 2. The van der Waals surface area contributed by atoms with Gasteiger partial charge in [-0.3, -0.25) is 4.98 Å². The molecule has 143 valence electrons. The van der Waals surface area contributed by atoms with Gasteiger partial charge in [-0.25, -0.2) is 4.98 Å². The number of nitrogens with one attached hydrogen (secondary N) is 1. The second kappa shape index (κ2) is 10.4. The molecule has 0 unspecified atom stereocenters. The van der Waals surface area contributed by atoms with Crippen LogP contribution in [-0.4, -0.2) is 42.7 Å². The fourth-order valence-electron chi connectivity index (χ4n) is 3.01. The number of nitrogens with zero attached hydrogens (tertiary/aromatic N) is 4. The Bertz CT molecular complexity index is 756. The summed E-state index contributed by atoms with van der Waals surface area (Å²) in [7, 11) is 0. The molecule has 2 heterocycles. The lowest BCUT2D eigenvalue weighted by Crippen LogP contribution is -2.26. The van der Waals surface area contributed by atoms with E-state index in [0.717, 1.165) is 61.2 Å². The summed E-state index contributed by atoms with van der Waals surface area (Å²) >= 11 is 0. The zero-order valence-electron chi connectivity index (χ0n) is 16.7. The van der Waals surface area contributed by atoms with Crippen LogP contribution < -0.4 is 15.1 Å². The lowest BCUT2D eigenvalue weighted by molar-refractivity contribution is 0.871. The average molecular weight is 365 g/mol. The van der Waals surface area contributed by atoms with Gasteiger partial charge in [0.25, 0.3) is 0 Å². The molecule has 5 nitrogen and oxygen atoms in total. The summed E-state index contributed by atoms with van der Waals surface area (Å²) in [4.78, 5) is 13.7. The normalized spacial score (nSPS) is 10.3. The first kappa shape index (κ1) is 20.5. The number of anilines is 3. The van der Waals surface area contributed by atoms with E-state index in [0.29, 0.717) is 0 Å². The molecule has 0 spiro atoms. The Balaban J connectivity index is 2.65. The van der Waals surface area contributed by atoms with Crippen LogP contribution in [0.1, 0.15) is 20.8 Å². The topological polar surface area (TPSA) is 44.3 Å². The molecule has 2 aromatic heterocycles. The van der Waals surface area contributed by atoms with Gasteiger partial charge in [0.1, 0.15) is 12.0 Å². The maximum Gasteiger partial charge on any atom is 0.130 e. The van der Waals surface area contributed by atoms with Crippen molar-refractivity contribution in [3.8, 4) is 11.3 Å². The second-order valence-corrected chi connectivity index (χ2v) is 6.07. The summed E-state index contributed by atoms with van der Waals surface area (Å²) in [6.45, 7) is 18.0. The molecule has 0 aromatic carbocycles. The minimum absolute atomic E-state index is 0.731. The van der Waals surface area contributed by atoms with Crippen molar-refractivity contribution < 1.29 is 0 Å². The fraction of sp³-hybridized carbons (Fsp3) is 0.364. The molecule has 2 aromatic rings. The van der Waals surface area contributed by atoms with E-state index >= 15 is 0 Å². The number of pyridine rings is 2. The highest BCUT2D eigenvalue weighted by molar-refractivity contribution is 5.85. The smallest absolute Gasteiger partial charge is 0.130 e. The van der Waals surface area contributed by atoms with Gasteiger partial charge >= 0.3 is 0 Å². The van der Waals surface area contributed by atoms with Crippen LogP contribution in [0.5, 0.6) is 0 Å². The van der Waals surface area contributed by atoms with Crippen molar-refractivity contribution in [2.75, 3.05) is 47.8 Å². The monoisotopic (exact) mass is 364 g/mol. The van der Waals surface area contributed by atoms with Crippen LogP contribution in [0.4, 0.5) is 17.2 Å². The highest BCUT2D eigenvalue weighted by Gasteiger charge is 2.18. The van der Waals surface area contributed by atoms with E-state index in [1.54, 1.807) is 0 Å².